The minimum Gasteiger partial charge on any atom is -0.310 e. The smallest absolute Gasteiger partial charge is 0.310 e. The van der Waals surface area contributed by atoms with E-state index in [9.17, 15) is 13.2 Å². The van der Waals surface area contributed by atoms with Crippen LogP contribution in [0.4, 0.5) is 13.2 Å². The van der Waals surface area contributed by atoms with Crippen LogP contribution in [-0.4, -0.2) is 6.54 Å². The van der Waals surface area contributed by atoms with Gasteiger partial charge < -0.3 is 5.32 Å². The summed E-state index contributed by atoms with van der Waals surface area (Å²) in [5.41, 5.74) is 0.751. The monoisotopic (exact) mass is 215 g/mol. The van der Waals surface area contributed by atoms with E-state index in [1.54, 1.807) is 6.07 Å². The van der Waals surface area contributed by atoms with Gasteiger partial charge in [0.15, 0.2) is 0 Å². The van der Waals surface area contributed by atoms with Crippen molar-refractivity contribution in [1.82, 2.24) is 5.32 Å². The van der Waals surface area contributed by atoms with Gasteiger partial charge in [-0.3, -0.25) is 0 Å². The average Bonchev–Trinajstić information content (AvgIpc) is 2.16. The van der Waals surface area contributed by atoms with Crippen LogP contribution in [0.15, 0.2) is 18.2 Å². The van der Waals surface area contributed by atoms with E-state index in [4.69, 9.17) is 0 Å². The Labute approximate surface area is 86.3 Å². The highest BCUT2D eigenvalue weighted by Crippen LogP contribution is 2.36. The van der Waals surface area contributed by atoms with Gasteiger partial charge in [-0.1, -0.05) is 12.1 Å². The molecule has 0 fully saturated rings. The lowest BCUT2D eigenvalue weighted by atomic mass is 9.91. The second-order valence-corrected chi connectivity index (χ2v) is 3.80. The molecule has 1 aliphatic heterocycles. The zero-order chi connectivity index (χ0) is 11.1. The SMILES string of the molecule is CC1NCCc2c1cccc2C(F)(F)F. The zero-order valence-electron chi connectivity index (χ0n) is 8.36. The van der Waals surface area contributed by atoms with Gasteiger partial charge in [0.1, 0.15) is 0 Å². The minimum absolute atomic E-state index is 0.0102. The number of benzene rings is 1. The molecule has 1 N–H and O–H groups in total. The highest BCUT2D eigenvalue weighted by atomic mass is 19.4. The number of hydrogen-bond acceptors (Lipinski definition) is 1. The van der Waals surface area contributed by atoms with Gasteiger partial charge in [0.25, 0.3) is 0 Å². The molecule has 0 aliphatic carbocycles. The Bertz CT molecular complexity index is 371. The topological polar surface area (TPSA) is 12.0 Å². The van der Waals surface area contributed by atoms with E-state index in [0.717, 1.165) is 11.6 Å². The van der Waals surface area contributed by atoms with E-state index >= 15 is 0 Å². The van der Waals surface area contributed by atoms with Crippen molar-refractivity contribution in [3.05, 3.63) is 34.9 Å². The molecule has 1 atom stereocenters. The highest BCUT2D eigenvalue weighted by molar-refractivity contribution is 5.40. The van der Waals surface area contributed by atoms with Crippen LogP contribution in [0.25, 0.3) is 0 Å². The normalized spacial score (nSPS) is 21.2. The van der Waals surface area contributed by atoms with Crippen LogP contribution >= 0.6 is 0 Å². The molecule has 0 spiro atoms. The fourth-order valence-electron chi connectivity index (χ4n) is 2.08. The fraction of sp³-hybridized carbons (Fsp3) is 0.455. The van der Waals surface area contributed by atoms with Crippen LogP contribution in [0.3, 0.4) is 0 Å². The van der Waals surface area contributed by atoms with Crippen LogP contribution in [0.1, 0.15) is 29.7 Å². The van der Waals surface area contributed by atoms with Gasteiger partial charge in [0, 0.05) is 6.04 Å². The third kappa shape index (κ3) is 1.86. The molecular weight excluding hydrogens is 203 g/mol. The van der Waals surface area contributed by atoms with Crippen LogP contribution in [0.5, 0.6) is 0 Å². The molecule has 1 nitrogen and oxygen atoms in total. The van der Waals surface area contributed by atoms with Crippen molar-refractivity contribution in [2.75, 3.05) is 6.54 Å². The molecule has 0 saturated heterocycles. The number of fused-ring (bicyclic) bond motifs is 1. The molecule has 0 saturated carbocycles. The van der Waals surface area contributed by atoms with E-state index < -0.39 is 11.7 Å². The Kier molecular flexibility index (Phi) is 2.46. The van der Waals surface area contributed by atoms with Crippen LogP contribution < -0.4 is 5.32 Å². The van der Waals surface area contributed by atoms with Crippen LogP contribution in [0, 0.1) is 0 Å². The first-order chi connectivity index (χ1) is 7.00. The average molecular weight is 215 g/mol. The Hall–Kier alpha value is -1.03. The van der Waals surface area contributed by atoms with Gasteiger partial charge in [-0.2, -0.15) is 13.2 Å². The summed E-state index contributed by atoms with van der Waals surface area (Å²) in [7, 11) is 0. The summed E-state index contributed by atoms with van der Waals surface area (Å²) in [4.78, 5) is 0. The number of nitrogens with one attached hydrogen (secondary N) is 1. The summed E-state index contributed by atoms with van der Waals surface area (Å²) in [5, 5.41) is 3.15. The molecular formula is C11H12F3N. The van der Waals surface area contributed by atoms with Crippen molar-refractivity contribution < 1.29 is 13.2 Å². The molecule has 82 valence electrons. The third-order valence-electron chi connectivity index (χ3n) is 2.81. The molecule has 0 radical (unpaired) electrons. The summed E-state index contributed by atoms with van der Waals surface area (Å²) in [5.74, 6) is 0. The van der Waals surface area contributed by atoms with Gasteiger partial charge in [-0.15, -0.1) is 0 Å². The summed E-state index contributed by atoms with van der Waals surface area (Å²) in [6, 6.07) is 4.42. The van der Waals surface area contributed by atoms with Crippen LogP contribution in [0.2, 0.25) is 0 Å². The van der Waals surface area contributed by atoms with E-state index in [-0.39, 0.29) is 6.04 Å². The van der Waals surface area contributed by atoms with Crippen molar-refractivity contribution in [1.29, 1.82) is 0 Å². The fourth-order valence-corrected chi connectivity index (χ4v) is 2.08. The third-order valence-corrected chi connectivity index (χ3v) is 2.81. The first-order valence-corrected chi connectivity index (χ1v) is 4.92. The van der Waals surface area contributed by atoms with E-state index in [0.29, 0.717) is 18.5 Å². The number of halogens is 3. The molecule has 0 aromatic heterocycles. The Morgan fingerprint density at radius 2 is 2.07 bits per heavy atom. The molecule has 1 heterocycles. The largest absolute Gasteiger partial charge is 0.416 e. The summed E-state index contributed by atoms with van der Waals surface area (Å²) < 4.78 is 38.0. The molecule has 0 amide bonds. The number of alkyl halides is 3. The first-order valence-electron chi connectivity index (χ1n) is 4.92. The number of rotatable bonds is 0. The standard InChI is InChI=1S/C11H12F3N/c1-7-8-3-2-4-10(11(12,13)14)9(8)5-6-15-7/h2-4,7,15H,5-6H2,1H3. The van der Waals surface area contributed by atoms with E-state index in [2.05, 4.69) is 5.32 Å². The molecule has 1 aromatic rings. The van der Waals surface area contributed by atoms with Crippen molar-refractivity contribution in [3.63, 3.8) is 0 Å². The van der Waals surface area contributed by atoms with Gasteiger partial charge in [0.05, 0.1) is 5.56 Å². The second kappa shape index (κ2) is 3.52. The second-order valence-electron chi connectivity index (χ2n) is 3.80. The van der Waals surface area contributed by atoms with E-state index in [1.165, 1.54) is 6.07 Å². The maximum absolute atomic E-state index is 12.7. The summed E-state index contributed by atoms with van der Waals surface area (Å²) in [6.07, 6.45) is -3.78. The molecule has 15 heavy (non-hydrogen) atoms. The molecule has 4 heteroatoms. The van der Waals surface area contributed by atoms with Crippen molar-refractivity contribution in [3.8, 4) is 0 Å². The summed E-state index contributed by atoms with van der Waals surface area (Å²) in [6.45, 7) is 2.50. The Morgan fingerprint density at radius 3 is 2.73 bits per heavy atom. The van der Waals surface area contributed by atoms with Gasteiger partial charge in [-0.05, 0) is 37.1 Å². The van der Waals surface area contributed by atoms with Gasteiger partial charge >= 0.3 is 6.18 Å². The minimum atomic E-state index is -4.23. The highest BCUT2D eigenvalue weighted by Gasteiger charge is 2.35. The van der Waals surface area contributed by atoms with Crippen LogP contribution in [-0.2, 0) is 12.6 Å². The Balaban J connectivity index is 2.54. The first kappa shape index (κ1) is 10.5. The lowest BCUT2D eigenvalue weighted by molar-refractivity contribution is -0.138. The maximum atomic E-state index is 12.7. The lowest BCUT2D eigenvalue weighted by Crippen LogP contribution is -2.29. The summed E-state index contributed by atoms with van der Waals surface area (Å²) >= 11 is 0. The predicted octanol–water partition coefficient (Wildman–Crippen LogP) is 2.91. The predicted molar refractivity (Wildman–Crippen MR) is 51.6 cm³/mol. The molecule has 1 unspecified atom stereocenters. The molecule has 1 aromatic carbocycles. The van der Waals surface area contributed by atoms with Crippen molar-refractivity contribution in [2.45, 2.75) is 25.6 Å². The quantitative estimate of drug-likeness (QED) is 0.701. The van der Waals surface area contributed by atoms with Gasteiger partial charge in [0.2, 0.25) is 0 Å². The molecule has 2 rings (SSSR count). The van der Waals surface area contributed by atoms with Gasteiger partial charge in [-0.25, -0.2) is 0 Å². The molecule has 1 aliphatic rings. The molecule has 0 bridgehead atoms. The number of hydrogen-bond donors (Lipinski definition) is 1. The Morgan fingerprint density at radius 1 is 1.33 bits per heavy atom. The lowest BCUT2D eigenvalue weighted by Gasteiger charge is -2.26. The maximum Gasteiger partial charge on any atom is 0.416 e. The van der Waals surface area contributed by atoms with Crippen molar-refractivity contribution >= 4 is 0 Å². The zero-order valence-corrected chi connectivity index (χ0v) is 8.36. The van der Waals surface area contributed by atoms with E-state index in [1.807, 2.05) is 6.92 Å². The van der Waals surface area contributed by atoms with Crippen molar-refractivity contribution in [2.24, 2.45) is 0 Å².